The summed E-state index contributed by atoms with van der Waals surface area (Å²) in [5, 5.41) is 13.8. The zero-order valence-corrected chi connectivity index (χ0v) is 13.5. The number of hydrogen-bond donors (Lipinski definition) is 1. The zero-order chi connectivity index (χ0) is 16.9. The Balaban J connectivity index is 1.65. The van der Waals surface area contributed by atoms with E-state index in [1.54, 1.807) is 16.8 Å². The summed E-state index contributed by atoms with van der Waals surface area (Å²) < 4.78 is 1.55. The first kappa shape index (κ1) is 15.6. The van der Waals surface area contributed by atoms with Gasteiger partial charge in [0.15, 0.2) is 0 Å². The number of nitrogens with one attached hydrogen (secondary N) is 1. The molecule has 0 aliphatic heterocycles. The number of hydrogen-bond acceptors (Lipinski definition) is 4. The van der Waals surface area contributed by atoms with Crippen molar-refractivity contribution in [2.45, 2.75) is 13.8 Å². The standard InChI is InChI=1S/C18H17N5O/c1-13-3-4-15(14(2)11-13)5-10-18(24)20-16-6-8-17(9-7-16)23-12-19-21-22-23/h3-12H,1-2H3,(H,20,24)/b10-5+. The monoisotopic (exact) mass is 319 g/mol. The first-order valence-corrected chi connectivity index (χ1v) is 7.51. The van der Waals surface area contributed by atoms with Gasteiger partial charge in [-0.3, -0.25) is 4.79 Å². The van der Waals surface area contributed by atoms with Gasteiger partial charge in [0.05, 0.1) is 5.69 Å². The van der Waals surface area contributed by atoms with Crippen molar-refractivity contribution in [3.8, 4) is 5.69 Å². The minimum absolute atomic E-state index is 0.176. The Morgan fingerprint density at radius 2 is 1.92 bits per heavy atom. The molecule has 0 unspecified atom stereocenters. The molecule has 0 radical (unpaired) electrons. The largest absolute Gasteiger partial charge is 0.323 e. The van der Waals surface area contributed by atoms with Gasteiger partial charge in [-0.25, -0.2) is 4.68 Å². The van der Waals surface area contributed by atoms with Gasteiger partial charge in [0, 0.05) is 11.8 Å². The van der Waals surface area contributed by atoms with Gasteiger partial charge in [-0.2, -0.15) is 0 Å². The Morgan fingerprint density at radius 1 is 1.12 bits per heavy atom. The molecule has 0 aliphatic carbocycles. The van der Waals surface area contributed by atoms with Gasteiger partial charge in [0.25, 0.3) is 0 Å². The van der Waals surface area contributed by atoms with E-state index in [4.69, 9.17) is 0 Å². The molecule has 2 aromatic carbocycles. The molecule has 120 valence electrons. The average molecular weight is 319 g/mol. The molecular weight excluding hydrogens is 302 g/mol. The molecular formula is C18H17N5O. The van der Waals surface area contributed by atoms with Crippen LogP contribution in [0.25, 0.3) is 11.8 Å². The van der Waals surface area contributed by atoms with Gasteiger partial charge in [-0.15, -0.1) is 5.10 Å². The molecule has 0 saturated heterocycles. The van der Waals surface area contributed by atoms with Crippen LogP contribution in [0.2, 0.25) is 0 Å². The van der Waals surface area contributed by atoms with E-state index in [-0.39, 0.29) is 5.91 Å². The van der Waals surface area contributed by atoms with Gasteiger partial charge in [0.2, 0.25) is 5.91 Å². The maximum atomic E-state index is 12.0. The fourth-order valence-electron chi connectivity index (χ4n) is 2.34. The van der Waals surface area contributed by atoms with Crippen molar-refractivity contribution in [2.75, 3.05) is 5.32 Å². The van der Waals surface area contributed by atoms with Crippen molar-refractivity contribution < 1.29 is 4.79 Å². The van der Waals surface area contributed by atoms with Crippen LogP contribution in [0.3, 0.4) is 0 Å². The van der Waals surface area contributed by atoms with Crippen molar-refractivity contribution in [1.82, 2.24) is 20.2 Å². The predicted molar refractivity (Wildman–Crippen MR) is 92.7 cm³/mol. The number of amides is 1. The van der Waals surface area contributed by atoms with Crippen LogP contribution in [0.1, 0.15) is 16.7 Å². The number of nitrogens with zero attached hydrogens (tertiary/aromatic N) is 4. The number of anilines is 1. The highest BCUT2D eigenvalue weighted by molar-refractivity contribution is 6.02. The van der Waals surface area contributed by atoms with Crippen LogP contribution < -0.4 is 5.32 Å². The van der Waals surface area contributed by atoms with Gasteiger partial charge < -0.3 is 5.32 Å². The number of carbonyl (C=O) groups is 1. The maximum absolute atomic E-state index is 12.0. The molecule has 0 spiro atoms. The highest BCUT2D eigenvalue weighted by Crippen LogP contribution is 2.14. The van der Waals surface area contributed by atoms with E-state index in [1.807, 2.05) is 44.2 Å². The van der Waals surface area contributed by atoms with Crippen LogP contribution in [-0.2, 0) is 4.79 Å². The second kappa shape index (κ2) is 6.87. The predicted octanol–water partition coefficient (Wildman–Crippen LogP) is 2.93. The van der Waals surface area contributed by atoms with E-state index < -0.39 is 0 Å². The molecule has 1 N–H and O–H groups in total. The third kappa shape index (κ3) is 3.73. The topological polar surface area (TPSA) is 72.7 Å². The summed E-state index contributed by atoms with van der Waals surface area (Å²) in [6.45, 7) is 4.08. The molecule has 0 bridgehead atoms. The summed E-state index contributed by atoms with van der Waals surface area (Å²) in [6.07, 6.45) is 4.87. The van der Waals surface area contributed by atoms with Crippen LogP contribution in [0.15, 0.2) is 54.9 Å². The minimum atomic E-state index is -0.176. The lowest BCUT2D eigenvalue weighted by Crippen LogP contribution is -2.07. The van der Waals surface area contributed by atoms with Crippen molar-refractivity contribution >= 4 is 17.7 Å². The second-order valence-corrected chi connectivity index (χ2v) is 5.48. The van der Waals surface area contributed by atoms with E-state index in [0.29, 0.717) is 5.69 Å². The minimum Gasteiger partial charge on any atom is -0.323 e. The number of carbonyl (C=O) groups excluding carboxylic acids is 1. The van der Waals surface area contributed by atoms with Gasteiger partial charge in [0.1, 0.15) is 6.33 Å². The summed E-state index contributed by atoms with van der Waals surface area (Å²) in [7, 11) is 0. The molecule has 1 heterocycles. The molecule has 24 heavy (non-hydrogen) atoms. The fraction of sp³-hybridized carbons (Fsp3) is 0.111. The third-order valence-corrected chi connectivity index (χ3v) is 3.59. The van der Waals surface area contributed by atoms with Gasteiger partial charge in [-0.05, 0) is 65.7 Å². The molecule has 1 aromatic heterocycles. The van der Waals surface area contributed by atoms with E-state index in [9.17, 15) is 4.79 Å². The Labute approximate surface area is 139 Å². The maximum Gasteiger partial charge on any atom is 0.248 e. The van der Waals surface area contributed by atoms with Gasteiger partial charge in [-0.1, -0.05) is 23.8 Å². The number of aromatic nitrogens is 4. The highest BCUT2D eigenvalue weighted by atomic mass is 16.1. The van der Waals surface area contributed by atoms with Crippen LogP contribution >= 0.6 is 0 Å². The van der Waals surface area contributed by atoms with Crippen molar-refractivity contribution in [3.63, 3.8) is 0 Å². The zero-order valence-electron chi connectivity index (χ0n) is 13.5. The van der Waals surface area contributed by atoms with Crippen LogP contribution in [0, 0.1) is 13.8 Å². The van der Waals surface area contributed by atoms with Gasteiger partial charge >= 0.3 is 0 Å². The molecule has 0 aliphatic rings. The van der Waals surface area contributed by atoms with Crippen molar-refractivity contribution in [3.05, 3.63) is 71.6 Å². The highest BCUT2D eigenvalue weighted by Gasteiger charge is 2.01. The fourth-order valence-corrected chi connectivity index (χ4v) is 2.34. The summed E-state index contributed by atoms with van der Waals surface area (Å²) >= 11 is 0. The smallest absolute Gasteiger partial charge is 0.248 e. The molecule has 6 heteroatoms. The summed E-state index contributed by atoms with van der Waals surface area (Å²) in [4.78, 5) is 12.0. The lowest BCUT2D eigenvalue weighted by atomic mass is 10.1. The summed E-state index contributed by atoms with van der Waals surface area (Å²) in [6, 6.07) is 13.4. The molecule has 3 rings (SSSR count). The Hall–Kier alpha value is -3.28. The van der Waals surface area contributed by atoms with E-state index in [2.05, 4.69) is 26.9 Å². The van der Waals surface area contributed by atoms with E-state index in [1.165, 1.54) is 18.0 Å². The average Bonchev–Trinajstić information content (AvgIpc) is 3.09. The molecule has 0 saturated carbocycles. The number of benzene rings is 2. The molecule has 0 fully saturated rings. The first-order valence-electron chi connectivity index (χ1n) is 7.51. The van der Waals surface area contributed by atoms with E-state index >= 15 is 0 Å². The molecule has 0 atom stereocenters. The molecule has 1 amide bonds. The molecule has 6 nitrogen and oxygen atoms in total. The lowest BCUT2D eigenvalue weighted by molar-refractivity contribution is -0.111. The Kier molecular flexibility index (Phi) is 4.47. The van der Waals surface area contributed by atoms with E-state index in [0.717, 1.165) is 16.8 Å². The quantitative estimate of drug-likeness (QED) is 0.750. The van der Waals surface area contributed by atoms with Crippen LogP contribution in [-0.4, -0.2) is 26.1 Å². The molecule has 3 aromatic rings. The number of rotatable bonds is 4. The number of aryl methyl sites for hydroxylation is 2. The van der Waals surface area contributed by atoms with Crippen LogP contribution in [0.4, 0.5) is 5.69 Å². The lowest BCUT2D eigenvalue weighted by Gasteiger charge is -2.04. The van der Waals surface area contributed by atoms with Crippen molar-refractivity contribution in [2.24, 2.45) is 0 Å². The SMILES string of the molecule is Cc1ccc(/C=C/C(=O)Nc2ccc(-n3cnnn3)cc2)c(C)c1. The summed E-state index contributed by atoms with van der Waals surface area (Å²) in [5.74, 6) is -0.176. The third-order valence-electron chi connectivity index (χ3n) is 3.59. The van der Waals surface area contributed by atoms with Crippen molar-refractivity contribution in [1.29, 1.82) is 0 Å². The second-order valence-electron chi connectivity index (χ2n) is 5.48. The normalized spacial score (nSPS) is 10.9. The summed E-state index contributed by atoms with van der Waals surface area (Å²) in [5.41, 5.74) is 4.91. The number of tetrazole rings is 1. The van der Waals surface area contributed by atoms with Crippen LogP contribution in [0.5, 0.6) is 0 Å². The Morgan fingerprint density at radius 3 is 2.58 bits per heavy atom. The first-order chi connectivity index (χ1) is 11.6. The Bertz CT molecular complexity index is 867.